The molecule has 0 aliphatic carbocycles. The number of amides is 1. The van der Waals surface area contributed by atoms with Crippen molar-refractivity contribution in [3.8, 4) is 0 Å². The topological polar surface area (TPSA) is 57.6 Å². The number of aryl methyl sites for hydroxylation is 1. The first kappa shape index (κ1) is 14.2. The maximum absolute atomic E-state index is 13.2. The molecule has 4 nitrogen and oxygen atoms in total. The Bertz CT molecular complexity index is 477. The van der Waals surface area contributed by atoms with Crippen LogP contribution in [0.5, 0.6) is 0 Å². The summed E-state index contributed by atoms with van der Waals surface area (Å²) in [4.78, 5) is 24.2. The zero-order chi connectivity index (χ0) is 14.1. The molecule has 0 spiro atoms. The highest BCUT2D eigenvalue weighted by molar-refractivity contribution is 5.97. The molecule has 0 saturated carbocycles. The highest BCUT2D eigenvalue weighted by atomic mass is 19.1. The summed E-state index contributed by atoms with van der Waals surface area (Å²) in [5, 5.41) is 9.05. The third-order valence-corrected chi connectivity index (χ3v) is 2.96. The van der Waals surface area contributed by atoms with E-state index in [0.717, 1.165) is 11.0 Å². The molecule has 0 heterocycles. The fourth-order valence-electron chi connectivity index (χ4n) is 1.45. The predicted molar refractivity (Wildman–Crippen MR) is 64.9 cm³/mol. The predicted octanol–water partition coefficient (Wildman–Crippen LogP) is 2.07. The lowest BCUT2D eigenvalue weighted by Crippen LogP contribution is -2.50. The van der Waals surface area contributed by atoms with Crippen molar-refractivity contribution in [1.82, 2.24) is 4.90 Å². The first-order chi connectivity index (χ1) is 8.16. The molecule has 1 rings (SSSR count). The lowest BCUT2D eigenvalue weighted by atomic mass is 10.0. The van der Waals surface area contributed by atoms with Crippen LogP contribution in [-0.2, 0) is 4.79 Å². The number of rotatable bonds is 3. The number of halogens is 1. The molecule has 18 heavy (non-hydrogen) atoms. The van der Waals surface area contributed by atoms with Crippen LogP contribution in [0.15, 0.2) is 18.2 Å². The van der Waals surface area contributed by atoms with E-state index >= 15 is 0 Å². The molecule has 0 aliphatic rings. The summed E-state index contributed by atoms with van der Waals surface area (Å²) in [6.45, 7) is 4.50. The first-order valence-corrected chi connectivity index (χ1v) is 5.45. The van der Waals surface area contributed by atoms with E-state index in [1.165, 1.54) is 33.0 Å². The molecule has 0 atom stereocenters. The number of aliphatic carboxylic acids is 1. The number of carbonyl (C=O) groups excluding carboxylic acids is 1. The van der Waals surface area contributed by atoms with Gasteiger partial charge < -0.3 is 10.0 Å². The standard InChI is InChI=1S/C13H16FNO3/c1-8-5-9(7-10(14)6-8)11(16)15(4)13(2,3)12(17)18/h5-7H,1-4H3,(H,17,18). The zero-order valence-electron chi connectivity index (χ0n) is 10.8. The smallest absolute Gasteiger partial charge is 0.329 e. The molecular formula is C13H16FNO3. The van der Waals surface area contributed by atoms with Gasteiger partial charge in [0.15, 0.2) is 0 Å². The second-order valence-electron chi connectivity index (χ2n) is 4.75. The van der Waals surface area contributed by atoms with Crippen molar-refractivity contribution in [2.75, 3.05) is 7.05 Å². The molecule has 0 unspecified atom stereocenters. The second kappa shape index (κ2) is 4.76. The SMILES string of the molecule is Cc1cc(F)cc(C(=O)N(C)C(C)(C)C(=O)O)c1. The maximum atomic E-state index is 13.2. The van der Waals surface area contributed by atoms with E-state index < -0.39 is 23.2 Å². The Morgan fingerprint density at radius 2 is 1.83 bits per heavy atom. The lowest BCUT2D eigenvalue weighted by Gasteiger charge is -2.31. The molecule has 1 aromatic rings. The van der Waals surface area contributed by atoms with Gasteiger partial charge in [-0.3, -0.25) is 4.79 Å². The van der Waals surface area contributed by atoms with Crippen molar-refractivity contribution in [3.05, 3.63) is 35.1 Å². The van der Waals surface area contributed by atoms with Crippen LogP contribution in [0.2, 0.25) is 0 Å². The van der Waals surface area contributed by atoms with E-state index in [-0.39, 0.29) is 5.56 Å². The minimum atomic E-state index is -1.35. The fraction of sp³-hybridized carbons (Fsp3) is 0.385. The van der Waals surface area contributed by atoms with Crippen LogP contribution in [0.4, 0.5) is 4.39 Å². The van der Waals surface area contributed by atoms with Gasteiger partial charge in [0.2, 0.25) is 0 Å². The lowest BCUT2D eigenvalue weighted by molar-refractivity contribution is -0.147. The van der Waals surface area contributed by atoms with E-state index in [2.05, 4.69) is 0 Å². The van der Waals surface area contributed by atoms with E-state index in [4.69, 9.17) is 5.11 Å². The second-order valence-corrected chi connectivity index (χ2v) is 4.75. The molecule has 1 N–H and O–H groups in total. The molecule has 0 fully saturated rings. The highest BCUT2D eigenvalue weighted by Gasteiger charge is 2.35. The van der Waals surface area contributed by atoms with Gasteiger partial charge in [0.25, 0.3) is 5.91 Å². The molecule has 0 saturated heterocycles. The molecule has 0 bridgehead atoms. The Labute approximate surface area is 105 Å². The number of likely N-dealkylation sites (N-methyl/N-ethyl adjacent to an activating group) is 1. The Hall–Kier alpha value is -1.91. The summed E-state index contributed by atoms with van der Waals surface area (Å²) >= 11 is 0. The summed E-state index contributed by atoms with van der Waals surface area (Å²) in [6, 6.07) is 3.93. The molecule has 1 aromatic carbocycles. The van der Waals surface area contributed by atoms with Crippen LogP contribution >= 0.6 is 0 Å². The molecular weight excluding hydrogens is 237 g/mol. The van der Waals surface area contributed by atoms with Crippen LogP contribution in [-0.4, -0.2) is 34.5 Å². The normalized spacial score (nSPS) is 11.2. The van der Waals surface area contributed by atoms with Crippen LogP contribution in [0.25, 0.3) is 0 Å². The zero-order valence-corrected chi connectivity index (χ0v) is 10.8. The Morgan fingerprint density at radius 1 is 1.28 bits per heavy atom. The van der Waals surface area contributed by atoms with Crippen molar-refractivity contribution < 1.29 is 19.1 Å². The number of benzene rings is 1. The number of nitrogens with zero attached hydrogens (tertiary/aromatic N) is 1. The molecule has 98 valence electrons. The first-order valence-electron chi connectivity index (χ1n) is 5.45. The van der Waals surface area contributed by atoms with E-state index in [1.54, 1.807) is 6.92 Å². The molecule has 0 aromatic heterocycles. The van der Waals surface area contributed by atoms with Crippen LogP contribution < -0.4 is 0 Å². The largest absolute Gasteiger partial charge is 0.480 e. The third-order valence-electron chi connectivity index (χ3n) is 2.96. The van der Waals surface area contributed by atoms with Gasteiger partial charge in [0.1, 0.15) is 11.4 Å². The van der Waals surface area contributed by atoms with Gasteiger partial charge in [-0.25, -0.2) is 9.18 Å². The van der Waals surface area contributed by atoms with Gasteiger partial charge in [-0.2, -0.15) is 0 Å². The Morgan fingerprint density at radius 3 is 2.28 bits per heavy atom. The van der Waals surface area contributed by atoms with Crippen molar-refractivity contribution in [3.63, 3.8) is 0 Å². The van der Waals surface area contributed by atoms with Gasteiger partial charge in [0.05, 0.1) is 0 Å². The van der Waals surface area contributed by atoms with E-state index in [1.807, 2.05) is 0 Å². The average molecular weight is 253 g/mol. The van der Waals surface area contributed by atoms with Gasteiger partial charge >= 0.3 is 5.97 Å². The monoisotopic (exact) mass is 253 g/mol. The van der Waals surface area contributed by atoms with Crippen LogP contribution in [0.1, 0.15) is 29.8 Å². The summed E-state index contributed by atoms with van der Waals surface area (Å²) < 4.78 is 13.2. The van der Waals surface area contributed by atoms with Gasteiger partial charge in [-0.05, 0) is 44.5 Å². The van der Waals surface area contributed by atoms with Crippen molar-refractivity contribution in [2.24, 2.45) is 0 Å². The average Bonchev–Trinajstić information content (AvgIpc) is 2.25. The highest BCUT2D eigenvalue weighted by Crippen LogP contribution is 2.17. The number of hydrogen-bond donors (Lipinski definition) is 1. The summed E-state index contributed by atoms with van der Waals surface area (Å²) in [5.74, 6) is -2.16. The van der Waals surface area contributed by atoms with Crippen molar-refractivity contribution in [1.29, 1.82) is 0 Å². The van der Waals surface area contributed by atoms with Gasteiger partial charge in [0, 0.05) is 12.6 Å². The minimum absolute atomic E-state index is 0.143. The van der Waals surface area contributed by atoms with Crippen molar-refractivity contribution in [2.45, 2.75) is 26.3 Å². The van der Waals surface area contributed by atoms with E-state index in [0.29, 0.717) is 5.56 Å². The Kier molecular flexibility index (Phi) is 3.74. The van der Waals surface area contributed by atoms with Crippen molar-refractivity contribution >= 4 is 11.9 Å². The van der Waals surface area contributed by atoms with Gasteiger partial charge in [-0.15, -0.1) is 0 Å². The quantitative estimate of drug-likeness (QED) is 0.897. The number of carbonyl (C=O) groups is 2. The molecule has 1 amide bonds. The third kappa shape index (κ3) is 2.67. The molecule has 0 aliphatic heterocycles. The Balaban J connectivity index is 3.11. The van der Waals surface area contributed by atoms with Crippen LogP contribution in [0.3, 0.4) is 0 Å². The number of carboxylic acids is 1. The number of hydrogen-bond acceptors (Lipinski definition) is 2. The molecule has 5 heteroatoms. The maximum Gasteiger partial charge on any atom is 0.329 e. The van der Waals surface area contributed by atoms with Gasteiger partial charge in [-0.1, -0.05) is 0 Å². The summed E-state index contributed by atoms with van der Waals surface area (Å²) in [6.07, 6.45) is 0. The summed E-state index contributed by atoms with van der Waals surface area (Å²) in [7, 11) is 1.39. The minimum Gasteiger partial charge on any atom is -0.480 e. The fourth-order valence-corrected chi connectivity index (χ4v) is 1.45. The van der Waals surface area contributed by atoms with E-state index in [9.17, 15) is 14.0 Å². The number of carboxylic acid groups (broad SMARTS) is 1. The molecule has 0 radical (unpaired) electrons. The van der Waals surface area contributed by atoms with Crippen LogP contribution in [0, 0.1) is 12.7 Å². The summed E-state index contributed by atoms with van der Waals surface area (Å²) in [5.41, 5.74) is -0.596.